The highest BCUT2D eigenvalue weighted by Gasteiger charge is 2.15. The first-order chi connectivity index (χ1) is 9.79. The SMILES string of the molecule is CC(c1cccc(N)c1)N(C)c1ccc(S(N)(=O)=O)cn1. The summed E-state index contributed by atoms with van der Waals surface area (Å²) >= 11 is 0. The Labute approximate surface area is 124 Å². The second-order valence-corrected chi connectivity index (χ2v) is 6.42. The Morgan fingerprint density at radius 2 is 1.95 bits per heavy atom. The normalized spacial score (nSPS) is 12.9. The Morgan fingerprint density at radius 1 is 1.24 bits per heavy atom. The number of aromatic nitrogens is 1. The van der Waals surface area contributed by atoms with E-state index in [1.54, 1.807) is 6.07 Å². The van der Waals surface area contributed by atoms with Crippen molar-refractivity contribution in [1.29, 1.82) is 0 Å². The number of anilines is 2. The van der Waals surface area contributed by atoms with Crippen LogP contribution in [0, 0.1) is 0 Å². The molecule has 2 aromatic rings. The van der Waals surface area contributed by atoms with Crippen LogP contribution < -0.4 is 15.8 Å². The van der Waals surface area contributed by atoms with Crippen LogP contribution in [0.2, 0.25) is 0 Å². The van der Waals surface area contributed by atoms with Crippen molar-refractivity contribution < 1.29 is 8.42 Å². The maximum Gasteiger partial charge on any atom is 0.239 e. The molecule has 1 atom stereocenters. The van der Waals surface area contributed by atoms with Crippen LogP contribution in [-0.4, -0.2) is 20.4 Å². The number of primary sulfonamides is 1. The Morgan fingerprint density at radius 3 is 2.48 bits per heavy atom. The molecule has 0 amide bonds. The predicted octanol–water partition coefficient (Wildman–Crippen LogP) is 1.51. The number of nitrogens with two attached hydrogens (primary N) is 2. The Balaban J connectivity index is 2.25. The fourth-order valence-corrected chi connectivity index (χ4v) is 2.45. The zero-order valence-corrected chi connectivity index (χ0v) is 12.7. The highest BCUT2D eigenvalue weighted by atomic mass is 32.2. The van der Waals surface area contributed by atoms with Gasteiger partial charge in [0, 0.05) is 18.9 Å². The molecular formula is C14H18N4O2S. The summed E-state index contributed by atoms with van der Waals surface area (Å²) in [5.41, 5.74) is 7.54. The number of pyridine rings is 1. The van der Waals surface area contributed by atoms with Crippen LogP contribution in [0.4, 0.5) is 11.5 Å². The highest BCUT2D eigenvalue weighted by molar-refractivity contribution is 7.89. The zero-order chi connectivity index (χ0) is 15.6. The van der Waals surface area contributed by atoms with Gasteiger partial charge in [0.1, 0.15) is 10.7 Å². The number of sulfonamides is 1. The monoisotopic (exact) mass is 306 g/mol. The summed E-state index contributed by atoms with van der Waals surface area (Å²) in [6, 6.07) is 10.7. The molecule has 0 saturated carbocycles. The number of hydrogen-bond donors (Lipinski definition) is 2. The lowest BCUT2D eigenvalue weighted by Crippen LogP contribution is -2.23. The van der Waals surface area contributed by atoms with Crippen LogP contribution in [0.1, 0.15) is 18.5 Å². The minimum atomic E-state index is -3.72. The van der Waals surface area contributed by atoms with Gasteiger partial charge in [0.15, 0.2) is 0 Å². The number of benzene rings is 1. The molecule has 0 radical (unpaired) electrons. The zero-order valence-electron chi connectivity index (χ0n) is 11.9. The minimum Gasteiger partial charge on any atom is -0.399 e. The minimum absolute atomic E-state index is 0.00346. The molecule has 0 bridgehead atoms. The summed E-state index contributed by atoms with van der Waals surface area (Å²) in [6.45, 7) is 2.02. The summed E-state index contributed by atoms with van der Waals surface area (Å²) in [5.74, 6) is 0.650. The van der Waals surface area contributed by atoms with Gasteiger partial charge in [0.25, 0.3) is 0 Å². The van der Waals surface area contributed by atoms with Crippen molar-refractivity contribution in [1.82, 2.24) is 4.98 Å². The van der Waals surface area contributed by atoms with E-state index in [4.69, 9.17) is 10.9 Å². The van der Waals surface area contributed by atoms with Crippen molar-refractivity contribution in [2.24, 2.45) is 5.14 Å². The van der Waals surface area contributed by atoms with Gasteiger partial charge < -0.3 is 10.6 Å². The van der Waals surface area contributed by atoms with Gasteiger partial charge in [-0.2, -0.15) is 0 Å². The molecule has 0 aliphatic rings. The van der Waals surface area contributed by atoms with Gasteiger partial charge in [-0.15, -0.1) is 0 Å². The lowest BCUT2D eigenvalue weighted by atomic mass is 10.1. The van der Waals surface area contributed by atoms with Crippen molar-refractivity contribution in [2.75, 3.05) is 17.7 Å². The van der Waals surface area contributed by atoms with Crippen molar-refractivity contribution in [3.63, 3.8) is 0 Å². The van der Waals surface area contributed by atoms with Crippen molar-refractivity contribution in [3.8, 4) is 0 Å². The van der Waals surface area contributed by atoms with Crippen LogP contribution in [0.15, 0.2) is 47.5 Å². The van der Waals surface area contributed by atoms with E-state index >= 15 is 0 Å². The van der Waals surface area contributed by atoms with E-state index in [0.29, 0.717) is 11.5 Å². The number of hydrogen-bond acceptors (Lipinski definition) is 5. The molecule has 1 unspecified atom stereocenters. The van der Waals surface area contributed by atoms with E-state index in [0.717, 1.165) is 5.56 Å². The summed E-state index contributed by atoms with van der Waals surface area (Å²) < 4.78 is 22.4. The molecular weight excluding hydrogens is 288 g/mol. The maximum absolute atomic E-state index is 11.2. The lowest BCUT2D eigenvalue weighted by molar-refractivity contribution is 0.597. The number of rotatable bonds is 4. The Kier molecular flexibility index (Phi) is 4.15. The lowest BCUT2D eigenvalue weighted by Gasteiger charge is -2.26. The van der Waals surface area contributed by atoms with Crippen LogP contribution in [-0.2, 0) is 10.0 Å². The summed E-state index contributed by atoms with van der Waals surface area (Å²) in [7, 11) is -1.84. The third-order valence-corrected chi connectivity index (χ3v) is 4.28. The van der Waals surface area contributed by atoms with Gasteiger partial charge >= 0.3 is 0 Å². The standard InChI is InChI=1S/C14H18N4O2S/c1-10(11-4-3-5-12(15)8-11)18(2)14-7-6-13(9-17-14)21(16,19)20/h3-10H,15H2,1-2H3,(H2,16,19,20). The molecule has 2 rings (SSSR count). The molecule has 1 aromatic carbocycles. The third kappa shape index (κ3) is 3.50. The average molecular weight is 306 g/mol. The number of nitrogens with zero attached hydrogens (tertiary/aromatic N) is 2. The van der Waals surface area contributed by atoms with Crippen LogP contribution in [0.5, 0.6) is 0 Å². The largest absolute Gasteiger partial charge is 0.399 e. The van der Waals surface area contributed by atoms with Gasteiger partial charge in [-0.25, -0.2) is 18.5 Å². The van der Waals surface area contributed by atoms with Gasteiger partial charge in [0.05, 0.1) is 6.04 Å². The van der Waals surface area contributed by atoms with Gasteiger partial charge in [-0.1, -0.05) is 12.1 Å². The molecule has 4 N–H and O–H groups in total. The molecule has 0 aliphatic heterocycles. The van der Waals surface area contributed by atoms with E-state index in [2.05, 4.69) is 4.98 Å². The fraction of sp³-hybridized carbons (Fsp3) is 0.214. The van der Waals surface area contributed by atoms with Crippen LogP contribution in [0.3, 0.4) is 0 Å². The van der Waals surface area contributed by atoms with Crippen LogP contribution >= 0.6 is 0 Å². The molecule has 0 saturated heterocycles. The summed E-state index contributed by atoms with van der Waals surface area (Å²) in [6.07, 6.45) is 1.26. The van der Waals surface area contributed by atoms with Gasteiger partial charge in [-0.05, 0) is 36.8 Å². The van der Waals surface area contributed by atoms with Crippen molar-refractivity contribution in [2.45, 2.75) is 17.9 Å². The quantitative estimate of drug-likeness (QED) is 0.834. The molecule has 112 valence electrons. The maximum atomic E-state index is 11.2. The van der Waals surface area contributed by atoms with Crippen molar-refractivity contribution >= 4 is 21.5 Å². The Hall–Kier alpha value is -2.12. The Bertz CT molecular complexity index is 729. The fourth-order valence-electron chi connectivity index (χ4n) is 1.99. The molecule has 7 heteroatoms. The van der Waals surface area contributed by atoms with Gasteiger partial charge in [0.2, 0.25) is 10.0 Å². The first-order valence-electron chi connectivity index (χ1n) is 6.36. The average Bonchev–Trinajstić information content (AvgIpc) is 2.45. The van der Waals surface area contributed by atoms with E-state index in [9.17, 15) is 8.42 Å². The second kappa shape index (κ2) is 5.71. The molecule has 0 aliphatic carbocycles. The van der Waals surface area contributed by atoms with Crippen LogP contribution in [0.25, 0.3) is 0 Å². The summed E-state index contributed by atoms with van der Waals surface area (Å²) in [4.78, 5) is 6.08. The molecule has 0 spiro atoms. The second-order valence-electron chi connectivity index (χ2n) is 4.85. The first-order valence-corrected chi connectivity index (χ1v) is 7.91. The number of nitrogen functional groups attached to an aromatic ring is 1. The summed E-state index contributed by atoms with van der Waals surface area (Å²) in [5, 5.41) is 5.06. The van der Waals surface area contributed by atoms with Crippen molar-refractivity contribution in [3.05, 3.63) is 48.2 Å². The molecule has 21 heavy (non-hydrogen) atoms. The molecule has 1 heterocycles. The smallest absolute Gasteiger partial charge is 0.239 e. The topological polar surface area (TPSA) is 102 Å². The molecule has 1 aromatic heterocycles. The third-order valence-electron chi connectivity index (χ3n) is 3.38. The predicted molar refractivity (Wildman–Crippen MR) is 83.3 cm³/mol. The first kappa shape index (κ1) is 15.3. The molecule has 6 nitrogen and oxygen atoms in total. The highest BCUT2D eigenvalue weighted by Crippen LogP contribution is 2.25. The van der Waals surface area contributed by atoms with Gasteiger partial charge in [-0.3, -0.25) is 0 Å². The van der Waals surface area contributed by atoms with E-state index < -0.39 is 10.0 Å². The van der Waals surface area contributed by atoms with E-state index in [-0.39, 0.29) is 10.9 Å². The van der Waals surface area contributed by atoms with E-state index in [1.807, 2.05) is 43.1 Å². The molecule has 0 fully saturated rings. The van der Waals surface area contributed by atoms with E-state index in [1.165, 1.54) is 12.3 Å².